The van der Waals surface area contributed by atoms with Crippen LogP contribution >= 0.6 is 0 Å². The van der Waals surface area contributed by atoms with Crippen LogP contribution in [0.4, 0.5) is 0 Å². The molecular weight excluding hydrogens is 316 g/mol. The number of pyridine rings is 1. The van der Waals surface area contributed by atoms with E-state index < -0.39 is 0 Å². The minimum atomic E-state index is -0.258. The maximum Gasteiger partial charge on any atom is 0.253 e. The molecule has 0 aliphatic heterocycles. The number of aromatic nitrogens is 3. The Morgan fingerprint density at radius 2 is 2.12 bits per heavy atom. The lowest BCUT2D eigenvalue weighted by atomic mass is 9.75. The summed E-state index contributed by atoms with van der Waals surface area (Å²) in [5, 5.41) is 17.0. The molecule has 0 radical (unpaired) electrons. The van der Waals surface area contributed by atoms with Gasteiger partial charge in [0.2, 0.25) is 0 Å². The van der Waals surface area contributed by atoms with Gasteiger partial charge >= 0.3 is 0 Å². The molecule has 2 aliphatic rings. The maximum atomic E-state index is 12.8. The third-order valence-corrected chi connectivity index (χ3v) is 5.42. The number of aryl methyl sites for hydroxylation is 3. The van der Waals surface area contributed by atoms with Crippen molar-refractivity contribution in [2.24, 2.45) is 13.0 Å². The monoisotopic (exact) mass is 340 g/mol. The Balaban J connectivity index is 1.54. The van der Waals surface area contributed by atoms with Crippen molar-refractivity contribution < 1.29 is 9.90 Å². The van der Waals surface area contributed by atoms with Crippen LogP contribution < -0.4 is 5.32 Å². The van der Waals surface area contributed by atoms with E-state index >= 15 is 0 Å². The molecule has 0 unspecified atom stereocenters. The van der Waals surface area contributed by atoms with E-state index in [2.05, 4.69) is 15.4 Å². The highest BCUT2D eigenvalue weighted by molar-refractivity contribution is 5.94. The highest BCUT2D eigenvalue weighted by Crippen LogP contribution is 2.38. The first-order chi connectivity index (χ1) is 12.1. The smallest absolute Gasteiger partial charge is 0.253 e. The molecule has 1 atom stereocenters. The molecule has 0 aromatic carbocycles. The van der Waals surface area contributed by atoms with E-state index in [4.69, 9.17) is 0 Å². The molecule has 4 rings (SSSR count). The number of rotatable bonds is 4. The van der Waals surface area contributed by atoms with Crippen molar-refractivity contribution in [2.45, 2.75) is 50.7 Å². The average Bonchev–Trinajstić information content (AvgIpc) is 3.03. The second-order valence-electron chi connectivity index (χ2n) is 7.32. The summed E-state index contributed by atoms with van der Waals surface area (Å²) in [7, 11) is 1.87. The van der Waals surface area contributed by atoms with Gasteiger partial charge in [-0.05, 0) is 56.1 Å². The summed E-state index contributed by atoms with van der Waals surface area (Å²) in [5.41, 5.74) is 3.94. The van der Waals surface area contributed by atoms with E-state index in [-0.39, 0.29) is 24.0 Å². The Hall–Kier alpha value is -2.21. The van der Waals surface area contributed by atoms with Gasteiger partial charge in [-0.3, -0.25) is 14.5 Å². The fourth-order valence-corrected chi connectivity index (χ4v) is 3.91. The number of fused-ring (bicyclic) bond motifs is 1. The van der Waals surface area contributed by atoms with Crippen LogP contribution in [0.2, 0.25) is 0 Å². The SMILES string of the molecule is Cn1cc([C@@H](NC(=O)c2cnc3c(c2)CCCC3)C2CC(O)C2)cn1. The Labute approximate surface area is 147 Å². The molecule has 2 aromatic heterocycles. The molecular formula is C19H24N4O2. The number of carbonyl (C=O) groups is 1. The van der Waals surface area contributed by atoms with Gasteiger partial charge in [0.1, 0.15) is 0 Å². The number of amides is 1. The molecule has 25 heavy (non-hydrogen) atoms. The van der Waals surface area contributed by atoms with Crippen LogP contribution in [0, 0.1) is 5.92 Å². The van der Waals surface area contributed by atoms with Gasteiger partial charge in [-0.1, -0.05) is 0 Å². The van der Waals surface area contributed by atoms with Gasteiger partial charge in [0.25, 0.3) is 5.91 Å². The molecule has 2 aliphatic carbocycles. The Morgan fingerprint density at radius 3 is 2.84 bits per heavy atom. The summed E-state index contributed by atoms with van der Waals surface area (Å²) in [6.45, 7) is 0. The largest absolute Gasteiger partial charge is 0.393 e. The number of hydrogen-bond acceptors (Lipinski definition) is 4. The highest BCUT2D eigenvalue weighted by Gasteiger charge is 2.36. The summed E-state index contributed by atoms with van der Waals surface area (Å²) in [5.74, 6) is 0.143. The standard InChI is InChI=1S/C19H24N4O2/c1-23-11-15(10-21-23)18(13-7-16(24)8-13)22-19(25)14-6-12-4-2-3-5-17(12)20-9-14/h6,9-11,13,16,18,24H,2-5,7-8H2,1H3,(H,22,25)/t13?,16?,18-/m0/s1. The molecule has 2 aromatic rings. The van der Waals surface area contributed by atoms with E-state index in [9.17, 15) is 9.90 Å². The number of nitrogens with zero attached hydrogens (tertiary/aromatic N) is 3. The van der Waals surface area contributed by atoms with Crippen LogP contribution in [0.15, 0.2) is 24.7 Å². The molecule has 0 saturated heterocycles. The van der Waals surface area contributed by atoms with Crippen LogP contribution in [0.25, 0.3) is 0 Å². The van der Waals surface area contributed by atoms with Gasteiger partial charge in [-0.25, -0.2) is 0 Å². The molecule has 1 fully saturated rings. The van der Waals surface area contributed by atoms with Gasteiger partial charge in [-0.2, -0.15) is 5.10 Å². The fraction of sp³-hybridized carbons (Fsp3) is 0.526. The van der Waals surface area contributed by atoms with Crippen molar-refractivity contribution >= 4 is 5.91 Å². The number of hydrogen-bond donors (Lipinski definition) is 2. The molecule has 6 nitrogen and oxygen atoms in total. The predicted molar refractivity (Wildman–Crippen MR) is 93.0 cm³/mol. The predicted octanol–water partition coefficient (Wildman–Crippen LogP) is 1.94. The minimum Gasteiger partial charge on any atom is -0.393 e. The first-order valence-corrected chi connectivity index (χ1v) is 9.05. The lowest BCUT2D eigenvalue weighted by Gasteiger charge is -2.37. The Bertz CT molecular complexity index is 779. The third-order valence-electron chi connectivity index (χ3n) is 5.42. The van der Waals surface area contributed by atoms with E-state index in [0.717, 1.165) is 30.5 Å². The zero-order valence-corrected chi connectivity index (χ0v) is 14.5. The van der Waals surface area contributed by atoms with Crippen LogP contribution in [-0.2, 0) is 19.9 Å². The van der Waals surface area contributed by atoms with Gasteiger partial charge in [0, 0.05) is 30.7 Å². The lowest BCUT2D eigenvalue weighted by molar-refractivity contribution is 0.0235. The van der Waals surface area contributed by atoms with E-state index in [0.29, 0.717) is 18.4 Å². The molecule has 0 spiro atoms. The average molecular weight is 340 g/mol. The molecule has 132 valence electrons. The minimum absolute atomic E-state index is 0.101. The van der Waals surface area contributed by atoms with Crippen molar-refractivity contribution in [3.8, 4) is 0 Å². The number of aliphatic hydroxyl groups excluding tert-OH is 1. The molecule has 6 heteroatoms. The molecule has 1 saturated carbocycles. The third kappa shape index (κ3) is 3.31. The number of aliphatic hydroxyl groups is 1. The van der Waals surface area contributed by atoms with Gasteiger partial charge in [-0.15, -0.1) is 0 Å². The summed E-state index contributed by atoms with van der Waals surface area (Å²) >= 11 is 0. The second-order valence-corrected chi connectivity index (χ2v) is 7.32. The Kier molecular flexibility index (Phi) is 4.29. The van der Waals surface area contributed by atoms with Crippen LogP contribution in [0.5, 0.6) is 0 Å². The van der Waals surface area contributed by atoms with Gasteiger partial charge < -0.3 is 10.4 Å². The topological polar surface area (TPSA) is 80.0 Å². The zero-order valence-electron chi connectivity index (χ0n) is 14.5. The van der Waals surface area contributed by atoms with Crippen molar-refractivity contribution in [1.82, 2.24) is 20.1 Å². The molecule has 2 N–H and O–H groups in total. The fourth-order valence-electron chi connectivity index (χ4n) is 3.91. The van der Waals surface area contributed by atoms with E-state index in [1.807, 2.05) is 19.3 Å². The first kappa shape index (κ1) is 16.3. The molecule has 0 bridgehead atoms. The van der Waals surface area contributed by atoms with Crippen LogP contribution in [-0.4, -0.2) is 31.9 Å². The van der Waals surface area contributed by atoms with Crippen molar-refractivity contribution in [2.75, 3.05) is 0 Å². The van der Waals surface area contributed by atoms with E-state index in [1.54, 1.807) is 17.1 Å². The summed E-state index contributed by atoms with van der Waals surface area (Å²) in [6.07, 6.45) is 10.9. The maximum absolute atomic E-state index is 12.8. The number of carbonyl (C=O) groups excluding carboxylic acids is 1. The summed E-state index contributed by atoms with van der Waals surface area (Å²) in [6, 6.07) is 1.87. The summed E-state index contributed by atoms with van der Waals surface area (Å²) in [4.78, 5) is 17.3. The zero-order chi connectivity index (χ0) is 17.4. The van der Waals surface area contributed by atoms with Crippen LogP contribution in [0.1, 0.15) is 58.9 Å². The molecule has 2 heterocycles. The quantitative estimate of drug-likeness (QED) is 0.891. The van der Waals surface area contributed by atoms with Crippen molar-refractivity contribution in [3.05, 3.63) is 47.0 Å². The molecule has 1 amide bonds. The van der Waals surface area contributed by atoms with Crippen LogP contribution in [0.3, 0.4) is 0 Å². The number of nitrogens with one attached hydrogen (secondary N) is 1. The van der Waals surface area contributed by atoms with Gasteiger partial charge in [0.05, 0.1) is 23.9 Å². The van der Waals surface area contributed by atoms with Gasteiger partial charge in [0.15, 0.2) is 0 Å². The first-order valence-electron chi connectivity index (χ1n) is 9.05. The van der Waals surface area contributed by atoms with Crippen molar-refractivity contribution in [3.63, 3.8) is 0 Å². The lowest BCUT2D eigenvalue weighted by Crippen LogP contribution is -2.41. The summed E-state index contributed by atoms with van der Waals surface area (Å²) < 4.78 is 1.74. The van der Waals surface area contributed by atoms with E-state index in [1.165, 1.54) is 12.0 Å². The second kappa shape index (κ2) is 6.59. The normalized spacial score (nSPS) is 23.4. The Morgan fingerprint density at radius 1 is 1.32 bits per heavy atom. The van der Waals surface area contributed by atoms with Crippen molar-refractivity contribution in [1.29, 1.82) is 0 Å². The highest BCUT2D eigenvalue weighted by atomic mass is 16.3.